The number of nitrogens with one attached hydrogen (secondary N) is 1. The van der Waals surface area contributed by atoms with Crippen molar-refractivity contribution in [2.75, 3.05) is 6.54 Å². The fraction of sp³-hybridized carbons (Fsp3) is 0.806. The van der Waals surface area contributed by atoms with Crippen LogP contribution in [-0.4, -0.2) is 34.9 Å². The molecule has 0 spiro atoms. The summed E-state index contributed by atoms with van der Waals surface area (Å²) in [5, 5.41) is 13.2. The summed E-state index contributed by atoms with van der Waals surface area (Å²) in [7, 11) is 0. The number of amides is 1. The number of fused-ring (bicyclic) bond motifs is 7. The Bertz CT molecular complexity index is 1250. The molecular weight excluding hydrogens is 526 g/mol. The van der Waals surface area contributed by atoms with Crippen molar-refractivity contribution in [2.45, 2.75) is 126 Å². The molecule has 234 valence electrons. The number of allylic oxidation sites excluding steroid dienone is 3. The van der Waals surface area contributed by atoms with Crippen LogP contribution in [0.2, 0.25) is 0 Å². The SMILES string of the molecule is CC1(C)CC[C@]2(CNC(=O)OC(C)(C)C)CC[C@]3(C)[C@H](C(=O)C=C4[C@@]5(C)C/C(=C/O)C(=O)C(C)(C)[C@@H]5CC[C@]43C)[C@@H]2C1. The molecule has 0 aromatic rings. The van der Waals surface area contributed by atoms with Crippen molar-refractivity contribution in [2.24, 2.45) is 50.2 Å². The van der Waals surface area contributed by atoms with Crippen molar-refractivity contribution >= 4 is 17.7 Å². The van der Waals surface area contributed by atoms with Crippen molar-refractivity contribution in [1.82, 2.24) is 5.32 Å². The normalized spacial score (nSPS) is 43.3. The third kappa shape index (κ3) is 4.43. The maximum Gasteiger partial charge on any atom is 0.407 e. The van der Waals surface area contributed by atoms with Gasteiger partial charge < -0.3 is 15.2 Å². The van der Waals surface area contributed by atoms with Gasteiger partial charge in [-0.1, -0.05) is 54.0 Å². The maximum atomic E-state index is 14.6. The summed E-state index contributed by atoms with van der Waals surface area (Å²) < 4.78 is 5.61. The molecule has 2 N–H and O–H groups in total. The Hall–Kier alpha value is -2.11. The molecule has 0 unspecified atom stereocenters. The summed E-state index contributed by atoms with van der Waals surface area (Å²) in [6.07, 6.45) is 9.93. The zero-order valence-corrected chi connectivity index (χ0v) is 27.8. The van der Waals surface area contributed by atoms with Crippen molar-refractivity contribution in [3.05, 3.63) is 23.5 Å². The number of ketones is 2. The fourth-order valence-electron chi connectivity index (χ4n) is 11.0. The molecule has 5 aliphatic carbocycles. The number of hydrogen-bond donors (Lipinski definition) is 2. The lowest BCUT2D eigenvalue weighted by molar-refractivity contribution is -0.173. The van der Waals surface area contributed by atoms with Gasteiger partial charge in [0.15, 0.2) is 11.6 Å². The number of rotatable bonds is 2. The van der Waals surface area contributed by atoms with Crippen LogP contribution in [0.25, 0.3) is 0 Å². The molecule has 0 aromatic heterocycles. The Balaban J connectivity index is 1.57. The molecule has 0 radical (unpaired) electrons. The van der Waals surface area contributed by atoms with Crippen LogP contribution in [0.1, 0.15) is 121 Å². The van der Waals surface area contributed by atoms with Gasteiger partial charge in [-0.05, 0) is 117 Å². The van der Waals surface area contributed by atoms with E-state index < -0.39 is 11.0 Å². The second-order valence-corrected chi connectivity index (χ2v) is 17.8. The van der Waals surface area contributed by atoms with E-state index >= 15 is 0 Å². The molecule has 5 aliphatic rings. The number of carbonyl (C=O) groups excluding carboxylic acids is 3. The van der Waals surface area contributed by atoms with Gasteiger partial charge >= 0.3 is 6.09 Å². The van der Waals surface area contributed by atoms with E-state index in [1.54, 1.807) is 0 Å². The number of carbonyl (C=O) groups is 3. The molecule has 1 amide bonds. The fourth-order valence-corrected chi connectivity index (χ4v) is 11.0. The smallest absolute Gasteiger partial charge is 0.407 e. The van der Waals surface area contributed by atoms with Gasteiger partial charge in [0, 0.05) is 23.5 Å². The van der Waals surface area contributed by atoms with Gasteiger partial charge in [0.25, 0.3) is 0 Å². The summed E-state index contributed by atoms with van der Waals surface area (Å²) in [6.45, 7) is 21.9. The first-order valence-electron chi connectivity index (χ1n) is 16.3. The Kier molecular flexibility index (Phi) is 7.04. The van der Waals surface area contributed by atoms with Crippen molar-refractivity contribution in [3.63, 3.8) is 0 Å². The summed E-state index contributed by atoms with van der Waals surface area (Å²) >= 11 is 0. The zero-order chi connectivity index (χ0) is 31.3. The molecule has 6 heteroatoms. The zero-order valence-electron chi connectivity index (χ0n) is 27.8. The van der Waals surface area contributed by atoms with Crippen LogP contribution in [0.5, 0.6) is 0 Å². The summed E-state index contributed by atoms with van der Waals surface area (Å²) in [6, 6.07) is 0. The first-order valence-corrected chi connectivity index (χ1v) is 16.3. The van der Waals surface area contributed by atoms with E-state index in [2.05, 4.69) is 39.9 Å². The molecular formula is C36H55NO5. The van der Waals surface area contributed by atoms with Crippen LogP contribution < -0.4 is 5.32 Å². The molecule has 42 heavy (non-hydrogen) atoms. The van der Waals surface area contributed by atoms with Crippen LogP contribution in [-0.2, 0) is 14.3 Å². The average molecular weight is 582 g/mol. The molecule has 0 bridgehead atoms. The van der Waals surface area contributed by atoms with Crippen LogP contribution in [0.3, 0.4) is 0 Å². The Morgan fingerprint density at radius 2 is 1.67 bits per heavy atom. The summed E-state index contributed by atoms with van der Waals surface area (Å²) in [5.41, 5.74) is -0.298. The van der Waals surface area contributed by atoms with Crippen molar-refractivity contribution in [1.29, 1.82) is 0 Å². The predicted molar refractivity (Wildman–Crippen MR) is 165 cm³/mol. The average Bonchev–Trinajstić information content (AvgIpc) is 2.85. The number of Topliss-reactive ketones (excluding diaryl/α,β-unsaturated/α-hetero) is 1. The molecule has 0 heterocycles. The number of aliphatic hydroxyl groups excluding tert-OH is 1. The molecule has 6 nitrogen and oxygen atoms in total. The summed E-state index contributed by atoms with van der Waals surface area (Å²) in [5.74, 6) is 0.418. The van der Waals surface area contributed by atoms with E-state index in [4.69, 9.17) is 4.74 Å². The van der Waals surface area contributed by atoms with Crippen LogP contribution in [0.15, 0.2) is 23.5 Å². The lowest BCUT2D eigenvalue weighted by atomic mass is 9.33. The largest absolute Gasteiger partial charge is 0.515 e. The van der Waals surface area contributed by atoms with E-state index in [-0.39, 0.29) is 62.5 Å². The quantitative estimate of drug-likeness (QED) is 0.254. The Labute approximate surface area is 253 Å². The van der Waals surface area contributed by atoms with Crippen molar-refractivity contribution in [3.8, 4) is 0 Å². The monoisotopic (exact) mass is 581 g/mol. The molecule has 0 saturated heterocycles. The number of aliphatic hydroxyl groups is 1. The van der Waals surface area contributed by atoms with Gasteiger partial charge in [-0.25, -0.2) is 4.79 Å². The molecule has 0 aliphatic heterocycles. The second-order valence-electron chi connectivity index (χ2n) is 17.8. The minimum atomic E-state index is -0.604. The van der Waals surface area contributed by atoms with Crippen LogP contribution >= 0.6 is 0 Å². The van der Waals surface area contributed by atoms with Crippen molar-refractivity contribution < 1.29 is 24.2 Å². The molecule has 4 fully saturated rings. The van der Waals surface area contributed by atoms with Gasteiger partial charge in [-0.15, -0.1) is 0 Å². The van der Waals surface area contributed by atoms with Gasteiger partial charge in [-0.3, -0.25) is 9.59 Å². The van der Waals surface area contributed by atoms with Crippen LogP contribution in [0, 0.1) is 50.2 Å². The van der Waals surface area contributed by atoms with E-state index in [1.807, 2.05) is 40.7 Å². The molecule has 5 rings (SSSR count). The van der Waals surface area contributed by atoms with Gasteiger partial charge in [0.1, 0.15) is 5.60 Å². The molecule has 7 atom stereocenters. The molecule has 4 saturated carbocycles. The Morgan fingerprint density at radius 3 is 2.29 bits per heavy atom. The topological polar surface area (TPSA) is 92.7 Å². The Morgan fingerprint density at radius 1 is 1.02 bits per heavy atom. The van der Waals surface area contributed by atoms with E-state index in [0.29, 0.717) is 18.5 Å². The number of hydrogen-bond acceptors (Lipinski definition) is 5. The number of ether oxygens (including phenoxy) is 1. The van der Waals surface area contributed by atoms with Gasteiger partial charge in [0.05, 0.1) is 6.26 Å². The highest BCUT2D eigenvalue weighted by Crippen LogP contribution is 2.75. The maximum absolute atomic E-state index is 14.6. The third-order valence-corrected chi connectivity index (χ3v) is 13.3. The highest BCUT2D eigenvalue weighted by atomic mass is 16.6. The van der Waals surface area contributed by atoms with E-state index in [0.717, 1.165) is 51.2 Å². The highest BCUT2D eigenvalue weighted by molar-refractivity contribution is 6.01. The van der Waals surface area contributed by atoms with Crippen LogP contribution in [0.4, 0.5) is 4.79 Å². The van der Waals surface area contributed by atoms with E-state index in [9.17, 15) is 19.5 Å². The standard InChI is InChI=1S/C36H55NO5/c1-30(2,3)42-29(41)37-21-36-15-13-31(4,5)19-23(36)27-24(39)17-26-33(8)18-22(20-38)28(40)32(6,7)25(33)11-12-34(26,9)35(27,10)14-16-36/h17,20,23,25,27,38H,11-16,18-19,21H2,1-10H3,(H,37,41)/b22-20-/t23-,25-,27-,33-,34+,35+,36+/m0/s1. The van der Waals surface area contributed by atoms with Gasteiger partial charge in [-0.2, -0.15) is 0 Å². The lowest BCUT2D eigenvalue weighted by Gasteiger charge is -2.70. The first-order chi connectivity index (χ1) is 19.2. The van der Waals surface area contributed by atoms with Gasteiger partial charge in [0.2, 0.25) is 0 Å². The number of alkyl carbamates (subject to hydrolysis) is 1. The second kappa shape index (κ2) is 9.44. The minimum Gasteiger partial charge on any atom is -0.515 e. The first kappa shape index (κ1) is 31.3. The minimum absolute atomic E-state index is 0.0345. The third-order valence-electron chi connectivity index (χ3n) is 13.3. The lowest BCUT2D eigenvalue weighted by Crippen LogP contribution is -2.66. The highest BCUT2D eigenvalue weighted by Gasteiger charge is 2.70. The molecule has 0 aromatic carbocycles. The predicted octanol–water partition coefficient (Wildman–Crippen LogP) is 8.11. The summed E-state index contributed by atoms with van der Waals surface area (Å²) in [4.78, 5) is 40.8. The van der Waals surface area contributed by atoms with E-state index in [1.165, 1.54) is 5.57 Å².